The molecule has 1 fully saturated rings. The summed E-state index contributed by atoms with van der Waals surface area (Å²) in [6, 6.07) is 3.58. The number of hydrogen-bond donors (Lipinski definition) is 1. The summed E-state index contributed by atoms with van der Waals surface area (Å²) in [7, 11) is 0. The van der Waals surface area contributed by atoms with Gasteiger partial charge in [-0.3, -0.25) is 4.79 Å². The Labute approximate surface area is 94.2 Å². The van der Waals surface area contributed by atoms with E-state index in [1.807, 2.05) is 0 Å². The molecule has 4 nitrogen and oxygen atoms in total. The Morgan fingerprint density at radius 2 is 2.56 bits per heavy atom. The molecule has 2 rings (SSSR count). The third-order valence-electron chi connectivity index (χ3n) is 2.79. The summed E-state index contributed by atoms with van der Waals surface area (Å²) in [6.07, 6.45) is 5.63. The summed E-state index contributed by atoms with van der Waals surface area (Å²) in [4.78, 5) is 13.5. The predicted molar refractivity (Wildman–Crippen MR) is 59.5 cm³/mol. The maximum atomic E-state index is 11.7. The van der Waals surface area contributed by atoms with Gasteiger partial charge in [0.05, 0.1) is 6.26 Å². The van der Waals surface area contributed by atoms with Crippen LogP contribution in [0, 0.1) is 5.92 Å². The number of hydrogen-bond acceptors (Lipinski definition) is 3. The van der Waals surface area contributed by atoms with Gasteiger partial charge in [-0.2, -0.15) is 0 Å². The SMILES string of the molecule is O=C(/C=C/c1ccco1)N1CC[C@@H](CO)C1. The summed E-state index contributed by atoms with van der Waals surface area (Å²) in [5.41, 5.74) is 0. The van der Waals surface area contributed by atoms with Crippen LogP contribution in [-0.2, 0) is 4.79 Å². The average molecular weight is 221 g/mol. The van der Waals surface area contributed by atoms with Crippen molar-refractivity contribution in [2.45, 2.75) is 6.42 Å². The highest BCUT2D eigenvalue weighted by molar-refractivity contribution is 5.91. The zero-order valence-electron chi connectivity index (χ0n) is 9.00. The van der Waals surface area contributed by atoms with Crippen molar-refractivity contribution in [2.75, 3.05) is 19.7 Å². The Balaban J connectivity index is 1.89. The van der Waals surface area contributed by atoms with Crippen LogP contribution < -0.4 is 0 Å². The van der Waals surface area contributed by atoms with Gasteiger partial charge in [0.1, 0.15) is 5.76 Å². The van der Waals surface area contributed by atoms with E-state index >= 15 is 0 Å². The molecule has 1 amide bonds. The monoisotopic (exact) mass is 221 g/mol. The smallest absolute Gasteiger partial charge is 0.246 e. The van der Waals surface area contributed by atoms with Crippen molar-refractivity contribution >= 4 is 12.0 Å². The second-order valence-corrected chi connectivity index (χ2v) is 3.97. The van der Waals surface area contributed by atoms with Crippen LogP contribution in [0.2, 0.25) is 0 Å². The lowest BCUT2D eigenvalue weighted by atomic mass is 10.1. The second kappa shape index (κ2) is 4.99. The molecule has 0 aliphatic carbocycles. The van der Waals surface area contributed by atoms with Gasteiger partial charge >= 0.3 is 0 Å². The molecule has 0 bridgehead atoms. The first-order chi connectivity index (χ1) is 7.79. The van der Waals surface area contributed by atoms with Crippen molar-refractivity contribution in [3.63, 3.8) is 0 Å². The highest BCUT2D eigenvalue weighted by Crippen LogP contribution is 2.15. The number of furan rings is 1. The van der Waals surface area contributed by atoms with Gasteiger partial charge in [0.25, 0.3) is 0 Å². The van der Waals surface area contributed by atoms with Crippen molar-refractivity contribution < 1.29 is 14.3 Å². The fourth-order valence-corrected chi connectivity index (χ4v) is 1.83. The van der Waals surface area contributed by atoms with E-state index in [9.17, 15) is 4.79 Å². The molecule has 1 aliphatic rings. The minimum absolute atomic E-state index is 0.0210. The van der Waals surface area contributed by atoms with Gasteiger partial charge in [-0.1, -0.05) is 0 Å². The molecule has 2 heterocycles. The number of aliphatic hydroxyl groups excluding tert-OH is 1. The second-order valence-electron chi connectivity index (χ2n) is 3.97. The molecule has 0 unspecified atom stereocenters. The number of carbonyl (C=O) groups excluding carboxylic acids is 1. The van der Waals surface area contributed by atoms with Gasteiger partial charge in [-0.05, 0) is 24.6 Å². The third kappa shape index (κ3) is 2.52. The van der Waals surface area contributed by atoms with E-state index in [1.54, 1.807) is 29.4 Å². The number of amides is 1. The van der Waals surface area contributed by atoms with E-state index in [2.05, 4.69) is 0 Å². The molecule has 0 aromatic carbocycles. The third-order valence-corrected chi connectivity index (χ3v) is 2.79. The first-order valence-corrected chi connectivity index (χ1v) is 5.41. The summed E-state index contributed by atoms with van der Waals surface area (Å²) in [5.74, 6) is 0.888. The fraction of sp³-hybridized carbons (Fsp3) is 0.417. The zero-order chi connectivity index (χ0) is 11.4. The van der Waals surface area contributed by atoms with E-state index < -0.39 is 0 Å². The van der Waals surface area contributed by atoms with E-state index in [-0.39, 0.29) is 18.4 Å². The highest BCUT2D eigenvalue weighted by Gasteiger charge is 2.23. The molecule has 1 aromatic rings. The van der Waals surface area contributed by atoms with Gasteiger partial charge in [0, 0.05) is 31.7 Å². The van der Waals surface area contributed by atoms with Crippen LogP contribution in [-0.4, -0.2) is 35.6 Å². The molecule has 0 saturated carbocycles. The van der Waals surface area contributed by atoms with E-state index in [1.165, 1.54) is 6.08 Å². The predicted octanol–water partition coefficient (Wildman–Crippen LogP) is 1.13. The maximum absolute atomic E-state index is 11.7. The lowest BCUT2D eigenvalue weighted by Crippen LogP contribution is -2.27. The number of aliphatic hydroxyl groups is 1. The first kappa shape index (κ1) is 11.0. The van der Waals surface area contributed by atoms with E-state index in [4.69, 9.17) is 9.52 Å². The minimum Gasteiger partial charge on any atom is -0.465 e. The standard InChI is InChI=1S/C12H15NO3/c14-9-10-5-6-13(8-10)12(15)4-3-11-2-1-7-16-11/h1-4,7,10,14H,5-6,8-9H2/b4-3+/t10-/m1/s1. The van der Waals surface area contributed by atoms with Crippen LogP contribution in [0.1, 0.15) is 12.2 Å². The summed E-state index contributed by atoms with van der Waals surface area (Å²) in [5, 5.41) is 8.97. The molecule has 1 atom stereocenters. The molecular formula is C12H15NO3. The van der Waals surface area contributed by atoms with Gasteiger partial charge in [-0.25, -0.2) is 0 Å². The highest BCUT2D eigenvalue weighted by atomic mass is 16.3. The van der Waals surface area contributed by atoms with Crippen LogP contribution >= 0.6 is 0 Å². The van der Waals surface area contributed by atoms with E-state index in [0.717, 1.165) is 13.0 Å². The summed E-state index contributed by atoms with van der Waals surface area (Å²) < 4.78 is 5.09. The van der Waals surface area contributed by atoms with Crippen LogP contribution in [0.3, 0.4) is 0 Å². The van der Waals surface area contributed by atoms with Crippen LogP contribution in [0.4, 0.5) is 0 Å². The molecule has 4 heteroatoms. The molecular weight excluding hydrogens is 206 g/mol. The Morgan fingerprint density at radius 3 is 3.19 bits per heavy atom. The van der Waals surface area contributed by atoms with Crippen molar-refractivity contribution in [1.82, 2.24) is 4.90 Å². The van der Waals surface area contributed by atoms with Crippen LogP contribution in [0.5, 0.6) is 0 Å². The normalized spacial score (nSPS) is 20.8. The maximum Gasteiger partial charge on any atom is 0.246 e. The Morgan fingerprint density at radius 1 is 1.69 bits per heavy atom. The topological polar surface area (TPSA) is 53.7 Å². The number of likely N-dealkylation sites (tertiary alicyclic amines) is 1. The molecule has 0 radical (unpaired) electrons. The van der Waals surface area contributed by atoms with Crippen molar-refractivity contribution in [3.05, 3.63) is 30.2 Å². The molecule has 1 saturated heterocycles. The summed E-state index contributed by atoms with van der Waals surface area (Å²) >= 11 is 0. The summed E-state index contributed by atoms with van der Waals surface area (Å²) in [6.45, 7) is 1.54. The van der Waals surface area contributed by atoms with Crippen molar-refractivity contribution in [2.24, 2.45) is 5.92 Å². The molecule has 1 aromatic heterocycles. The lowest BCUT2D eigenvalue weighted by Gasteiger charge is -2.13. The Kier molecular flexibility index (Phi) is 3.41. The Bertz CT molecular complexity index is 370. The zero-order valence-corrected chi connectivity index (χ0v) is 9.00. The molecule has 0 spiro atoms. The molecule has 1 aliphatic heterocycles. The van der Waals surface area contributed by atoms with Gasteiger partial charge in [0.15, 0.2) is 0 Å². The molecule has 86 valence electrons. The van der Waals surface area contributed by atoms with Crippen LogP contribution in [0.15, 0.2) is 28.9 Å². The minimum atomic E-state index is -0.0210. The van der Waals surface area contributed by atoms with Gasteiger partial charge in [-0.15, -0.1) is 0 Å². The van der Waals surface area contributed by atoms with Gasteiger partial charge in [0.2, 0.25) is 5.91 Å². The average Bonchev–Trinajstić information content (AvgIpc) is 2.96. The Hall–Kier alpha value is -1.55. The lowest BCUT2D eigenvalue weighted by molar-refractivity contribution is -0.125. The number of carbonyl (C=O) groups is 1. The van der Waals surface area contributed by atoms with Crippen molar-refractivity contribution in [3.8, 4) is 0 Å². The molecule has 16 heavy (non-hydrogen) atoms. The quantitative estimate of drug-likeness (QED) is 0.778. The van der Waals surface area contributed by atoms with Crippen LogP contribution in [0.25, 0.3) is 6.08 Å². The van der Waals surface area contributed by atoms with Gasteiger partial charge < -0.3 is 14.4 Å². The number of rotatable bonds is 3. The van der Waals surface area contributed by atoms with E-state index in [0.29, 0.717) is 12.3 Å². The largest absolute Gasteiger partial charge is 0.465 e. The molecule has 1 N–H and O–H groups in total. The first-order valence-electron chi connectivity index (χ1n) is 5.41. The van der Waals surface area contributed by atoms with Crippen molar-refractivity contribution in [1.29, 1.82) is 0 Å². The number of nitrogens with zero attached hydrogens (tertiary/aromatic N) is 1. The fourth-order valence-electron chi connectivity index (χ4n) is 1.83.